The second kappa shape index (κ2) is 7.69. The van der Waals surface area contributed by atoms with E-state index in [1.165, 1.54) is 49.8 Å². The second-order valence-electron chi connectivity index (χ2n) is 7.45. The van der Waals surface area contributed by atoms with Crippen LogP contribution < -0.4 is 9.47 Å². The quantitative estimate of drug-likeness (QED) is 0.528. The van der Waals surface area contributed by atoms with Crippen LogP contribution in [-0.2, 0) is 7.05 Å². The Morgan fingerprint density at radius 3 is 2.19 bits per heavy atom. The van der Waals surface area contributed by atoms with Crippen molar-refractivity contribution in [3.8, 4) is 11.3 Å². The van der Waals surface area contributed by atoms with Gasteiger partial charge in [0.25, 0.3) is 5.01 Å². The molecule has 2 aromatic carbocycles. The summed E-state index contributed by atoms with van der Waals surface area (Å²) in [5.74, 6) is 0. The van der Waals surface area contributed by atoms with Crippen LogP contribution in [0, 0.1) is 27.7 Å². The predicted molar refractivity (Wildman–Crippen MR) is 120 cm³/mol. The highest BCUT2D eigenvalue weighted by molar-refractivity contribution is 7.10. The third-order valence-corrected chi connectivity index (χ3v) is 6.56. The number of thiazole rings is 1. The molecule has 0 spiro atoms. The zero-order chi connectivity index (χ0) is 19.7. The lowest BCUT2D eigenvalue weighted by molar-refractivity contribution is -0.657. The Morgan fingerprint density at radius 2 is 1.56 bits per heavy atom. The molecule has 3 heteroatoms. The lowest BCUT2D eigenvalue weighted by Gasteiger charge is -2.12. The molecule has 0 N–H and O–H groups in total. The average Bonchev–Trinajstić information content (AvgIpc) is 3.02. The summed E-state index contributed by atoms with van der Waals surface area (Å²) in [5, 5.41) is 3.52. The molecule has 3 aromatic rings. The number of hydrogen-bond acceptors (Lipinski definition) is 2. The van der Waals surface area contributed by atoms with E-state index in [2.05, 4.69) is 106 Å². The van der Waals surface area contributed by atoms with Crippen LogP contribution in [0.5, 0.6) is 0 Å². The SMILES string of the molecule is Cc1cc(-c2csc(/C=C/c3ccc(N(C)C)cc3)[n+]2C)c(C)c(C)c1C. The molecular weight excluding hydrogens is 348 g/mol. The van der Waals surface area contributed by atoms with E-state index in [4.69, 9.17) is 0 Å². The third-order valence-electron chi connectivity index (χ3n) is 5.57. The Bertz CT molecular complexity index is 992. The Kier molecular flexibility index (Phi) is 5.52. The molecule has 1 heterocycles. The van der Waals surface area contributed by atoms with E-state index in [1.54, 1.807) is 11.3 Å². The first-order valence-electron chi connectivity index (χ1n) is 9.30. The molecule has 0 amide bonds. The maximum Gasteiger partial charge on any atom is 0.261 e. The van der Waals surface area contributed by atoms with Gasteiger partial charge in [0.05, 0.1) is 10.9 Å². The van der Waals surface area contributed by atoms with Gasteiger partial charge in [0, 0.05) is 25.9 Å². The molecule has 0 saturated carbocycles. The summed E-state index contributed by atoms with van der Waals surface area (Å²) in [5.41, 5.74) is 10.6. The van der Waals surface area contributed by atoms with Crippen LogP contribution in [0.25, 0.3) is 23.4 Å². The van der Waals surface area contributed by atoms with Crippen molar-refractivity contribution < 1.29 is 4.57 Å². The zero-order valence-corrected chi connectivity index (χ0v) is 18.2. The summed E-state index contributed by atoms with van der Waals surface area (Å²) in [7, 11) is 6.29. The van der Waals surface area contributed by atoms with Crippen LogP contribution in [0.1, 0.15) is 32.8 Å². The fraction of sp³-hybridized carbons (Fsp3) is 0.292. The summed E-state index contributed by atoms with van der Waals surface area (Å²) < 4.78 is 2.30. The molecule has 0 fully saturated rings. The highest BCUT2D eigenvalue weighted by Gasteiger charge is 2.20. The summed E-state index contributed by atoms with van der Waals surface area (Å²) in [6.45, 7) is 8.88. The van der Waals surface area contributed by atoms with Crippen LogP contribution in [0.4, 0.5) is 5.69 Å². The summed E-state index contributed by atoms with van der Waals surface area (Å²) in [4.78, 5) is 2.12. The van der Waals surface area contributed by atoms with Crippen molar-refractivity contribution >= 4 is 29.2 Å². The van der Waals surface area contributed by atoms with Gasteiger partial charge >= 0.3 is 0 Å². The molecule has 1 aromatic heterocycles. The second-order valence-corrected chi connectivity index (χ2v) is 8.34. The van der Waals surface area contributed by atoms with Gasteiger partial charge in [0.2, 0.25) is 5.69 Å². The minimum absolute atomic E-state index is 1.22. The van der Waals surface area contributed by atoms with Crippen molar-refractivity contribution in [2.75, 3.05) is 19.0 Å². The van der Waals surface area contributed by atoms with Crippen molar-refractivity contribution in [3.63, 3.8) is 0 Å². The van der Waals surface area contributed by atoms with Crippen molar-refractivity contribution in [1.82, 2.24) is 0 Å². The normalized spacial score (nSPS) is 11.4. The first kappa shape index (κ1) is 19.4. The maximum atomic E-state index is 2.33. The Hall–Kier alpha value is -2.39. The minimum atomic E-state index is 1.22. The van der Waals surface area contributed by atoms with Gasteiger partial charge in [-0.25, -0.2) is 0 Å². The molecule has 140 valence electrons. The molecule has 3 rings (SSSR count). The van der Waals surface area contributed by atoms with Gasteiger partial charge in [0.1, 0.15) is 7.05 Å². The largest absolute Gasteiger partial charge is 0.378 e. The van der Waals surface area contributed by atoms with Gasteiger partial charge in [-0.05, 0) is 79.8 Å². The van der Waals surface area contributed by atoms with E-state index in [1.807, 2.05) is 0 Å². The Labute approximate surface area is 167 Å². The van der Waals surface area contributed by atoms with Crippen LogP contribution in [0.2, 0.25) is 0 Å². The van der Waals surface area contributed by atoms with Gasteiger partial charge in [-0.2, -0.15) is 4.57 Å². The Morgan fingerprint density at radius 1 is 0.889 bits per heavy atom. The smallest absolute Gasteiger partial charge is 0.261 e. The fourth-order valence-electron chi connectivity index (χ4n) is 3.32. The lowest BCUT2D eigenvalue weighted by atomic mass is 9.93. The molecule has 0 aliphatic carbocycles. The predicted octanol–water partition coefficient (Wildman–Crippen LogP) is 5.71. The molecule has 27 heavy (non-hydrogen) atoms. The molecule has 0 radical (unpaired) electrons. The van der Waals surface area contributed by atoms with E-state index in [0.717, 1.165) is 0 Å². The molecule has 0 atom stereocenters. The topological polar surface area (TPSA) is 7.12 Å². The molecule has 0 unspecified atom stereocenters. The van der Waals surface area contributed by atoms with Gasteiger partial charge in [-0.3, -0.25) is 0 Å². The number of aromatic nitrogens is 1. The monoisotopic (exact) mass is 377 g/mol. The lowest BCUT2D eigenvalue weighted by Crippen LogP contribution is -2.31. The number of aryl methyl sites for hydroxylation is 1. The Balaban J connectivity index is 1.92. The van der Waals surface area contributed by atoms with Crippen LogP contribution in [0.15, 0.2) is 35.7 Å². The van der Waals surface area contributed by atoms with Gasteiger partial charge in [-0.1, -0.05) is 23.5 Å². The van der Waals surface area contributed by atoms with E-state index in [0.29, 0.717) is 0 Å². The van der Waals surface area contributed by atoms with Crippen LogP contribution in [-0.4, -0.2) is 14.1 Å². The van der Waals surface area contributed by atoms with Crippen molar-refractivity contribution in [2.45, 2.75) is 27.7 Å². The molecule has 0 bridgehead atoms. The number of nitrogens with zero attached hydrogens (tertiary/aromatic N) is 2. The van der Waals surface area contributed by atoms with E-state index >= 15 is 0 Å². The maximum absolute atomic E-state index is 2.33. The van der Waals surface area contributed by atoms with Gasteiger partial charge in [0.15, 0.2) is 0 Å². The third kappa shape index (κ3) is 3.84. The number of benzene rings is 2. The van der Waals surface area contributed by atoms with E-state index in [9.17, 15) is 0 Å². The van der Waals surface area contributed by atoms with Crippen molar-refractivity contribution in [3.05, 3.63) is 68.5 Å². The zero-order valence-electron chi connectivity index (χ0n) is 17.4. The van der Waals surface area contributed by atoms with Crippen LogP contribution in [0.3, 0.4) is 0 Å². The van der Waals surface area contributed by atoms with Crippen molar-refractivity contribution in [1.29, 1.82) is 0 Å². The summed E-state index contributed by atoms with van der Waals surface area (Å²) >= 11 is 1.79. The molecular formula is C24H29N2S+. The van der Waals surface area contributed by atoms with Gasteiger partial charge in [-0.15, -0.1) is 0 Å². The molecule has 0 aliphatic rings. The van der Waals surface area contributed by atoms with Gasteiger partial charge < -0.3 is 4.90 Å². The first-order valence-corrected chi connectivity index (χ1v) is 10.2. The van der Waals surface area contributed by atoms with E-state index in [-0.39, 0.29) is 0 Å². The standard InChI is InChI=1S/C24H29N2S/c1-16-14-22(19(4)18(3)17(16)2)23-15-27-24(26(23)7)13-10-20-8-11-21(12-9-20)25(5)6/h8-15H,1-7H3/q+1. The highest BCUT2D eigenvalue weighted by atomic mass is 32.1. The number of anilines is 1. The minimum Gasteiger partial charge on any atom is -0.378 e. The van der Waals surface area contributed by atoms with E-state index < -0.39 is 0 Å². The molecule has 0 aliphatic heterocycles. The van der Waals surface area contributed by atoms with Crippen LogP contribution >= 0.6 is 11.3 Å². The fourth-order valence-corrected chi connectivity index (χ4v) is 4.24. The molecule has 2 nitrogen and oxygen atoms in total. The number of hydrogen-bond donors (Lipinski definition) is 0. The van der Waals surface area contributed by atoms with Crippen molar-refractivity contribution in [2.24, 2.45) is 7.05 Å². The highest BCUT2D eigenvalue weighted by Crippen LogP contribution is 2.30. The molecule has 0 saturated heterocycles. The number of rotatable bonds is 4. The average molecular weight is 378 g/mol. The summed E-state index contributed by atoms with van der Waals surface area (Å²) in [6.07, 6.45) is 4.40. The summed E-state index contributed by atoms with van der Waals surface area (Å²) in [6, 6.07) is 11.0. The first-order chi connectivity index (χ1) is 12.8.